The van der Waals surface area contributed by atoms with Crippen LogP contribution in [0, 0.1) is 11.2 Å². The van der Waals surface area contributed by atoms with Crippen molar-refractivity contribution in [2.24, 2.45) is 5.41 Å². The van der Waals surface area contributed by atoms with Crippen LogP contribution >= 0.6 is 0 Å². The smallest absolute Gasteiger partial charge is 0.430 e. The van der Waals surface area contributed by atoms with E-state index in [4.69, 9.17) is 9.47 Å². The standard InChI is InChI=1S/C26H30F4N2O3/c1-34-22-19(9-6-10-21(22)27)20-17-31-14-11-24(20)12-15-32(16-13-24)23(33)25(35-2,26(28,29)30)18-7-4-3-5-8-18/h3-10,20,31H,11-17H2,1-2H3/t20-,25+/m0/s1. The maximum absolute atomic E-state index is 14.5. The Morgan fingerprint density at radius 1 is 1.03 bits per heavy atom. The molecule has 5 nitrogen and oxygen atoms in total. The summed E-state index contributed by atoms with van der Waals surface area (Å²) < 4.78 is 68.0. The van der Waals surface area contributed by atoms with Crippen molar-refractivity contribution < 1.29 is 31.8 Å². The third-order valence-corrected chi connectivity index (χ3v) is 7.70. The van der Waals surface area contributed by atoms with Crippen molar-refractivity contribution in [3.63, 3.8) is 0 Å². The Hall–Kier alpha value is -2.65. The number of nitrogens with one attached hydrogen (secondary N) is 1. The lowest BCUT2D eigenvalue weighted by atomic mass is 9.62. The molecule has 0 aliphatic carbocycles. The predicted molar refractivity (Wildman–Crippen MR) is 123 cm³/mol. The van der Waals surface area contributed by atoms with Gasteiger partial charge < -0.3 is 19.7 Å². The first-order chi connectivity index (χ1) is 16.7. The number of methoxy groups -OCH3 is 2. The number of carbonyl (C=O) groups excluding carboxylic acids is 1. The van der Waals surface area contributed by atoms with E-state index < -0.39 is 23.5 Å². The molecule has 2 atom stereocenters. The van der Waals surface area contributed by atoms with E-state index in [1.54, 1.807) is 12.1 Å². The number of piperidine rings is 2. The van der Waals surface area contributed by atoms with E-state index in [1.165, 1.54) is 42.3 Å². The Balaban J connectivity index is 1.62. The number of benzene rings is 2. The van der Waals surface area contributed by atoms with Gasteiger partial charge in [0.2, 0.25) is 0 Å². The largest absolute Gasteiger partial charge is 0.493 e. The summed E-state index contributed by atoms with van der Waals surface area (Å²) in [4.78, 5) is 14.7. The fourth-order valence-corrected chi connectivity index (χ4v) is 5.81. The van der Waals surface area contributed by atoms with Crippen molar-refractivity contribution in [3.8, 4) is 5.75 Å². The molecule has 190 valence electrons. The summed E-state index contributed by atoms with van der Waals surface area (Å²) in [5.74, 6) is -1.46. The van der Waals surface area contributed by atoms with E-state index in [2.05, 4.69) is 5.32 Å². The number of para-hydroxylation sites is 1. The van der Waals surface area contributed by atoms with Gasteiger partial charge in [0.1, 0.15) is 0 Å². The topological polar surface area (TPSA) is 50.8 Å². The highest BCUT2D eigenvalue weighted by Crippen LogP contribution is 2.52. The third kappa shape index (κ3) is 4.29. The van der Waals surface area contributed by atoms with Crippen LogP contribution in [0.15, 0.2) is 48.5 Å². The average molecular weight is 495 g/mol. The summed E-state index contributed by atoms with van der Waals surface area (Å²) in [5.41, 5.74) is -2.86. The Labute approximate surface area is 202 Å². The van der Waals surface area contributed by atoms with Gasteiger partial charge in [-0.3, -0.25) is 4.79 Å². The maximum Gasteiger partial charge on any atom is 0.430 e. The first kappa shape index (κ1) is 25.4. The molecule has 1 spiro atoms. The molecule has 1 amide bonds. The molecular formula is C26H30F4N2O3. The molecule has 35 heavy (non-hydrogen) atoms. The van der Waals surface area contributed by atoms with Crippen molar-refractivity contribution in [2.75, 3.05) is 40.4 Å². The zero-order chi connectivity index (χ0) is 25.3. The SMILES string of the molecule is COc1c(F)cccc1[C@@H]1CNCCC12CCN(C(=O)[C@](OC)(c1ccccc1)C(F)(F)F)CC2. The number of ether oxygens (including phenoxy) is 2. The summed E-state index contributed by atoms with van der Waals surface area (Å²) in [6.07, 6.45) is -3.18. The van der Waals surface area contributed by atoms with Crippen molar-refractivity contribution in [2.45, 2.75) is 37.0 Å². The number of amides is 1. The van der Waals surface area contributed by atoms with Crippen LogP contribution in [0.1, 0.15) is 36.3 Å². The van der Waals surface area contributed by atoms with Gasteiger partial charge in [0.25, 0.3) is 11.5 Å². The van der Waals surface area contributed by atoms with E-state index in [0.717, 1.165) is 25.6 Å². The van der Waals surface area contributed by atoms with Crippen LogP contribution in [0.2, 0.25) is 0 Å². The van der Waals surface area contributed by atoms with Crippen LogP contribution in [-0.4, -0.2) is 57.4 Å². The molecule has 0 bridgehead atoms. The van der Waals surface area contributed by atoms with Crippen LogP contribution in [0.3, 0.4) is 0 Å². The maximum atomic E-state index is 14.5. The Morgan fingerprint density at radius 2 is 1.71 bits per heavy atom. The Morgan fingerprint density at radius 3 is 2.31 bits per heavy atom. The molecule has 2 aromatic rings. The van der Waals surface area contributed by atoms with Crippen molar-refractivity contribution in [1.82, 2.24) is 10.2 Å². The van der Waals surface area contributed by atoms with Crippen molar-refractivity contribution in [3.05, 3.63) is 65.5 Å². The average Bonchev–Trinajstić information content (AvgIpc) is 2.85. The number of nitrogens with zero attached hydrogens (tertiary/aromatic N) is 1. The second kappa shape index (κ2) is 9.78. The molecule has 0 aromatic heterocycles. The molecule has 2 fully saturated rings. The van der Waals surface area contributed by atoms with Crippen LogP contribution in [0.25, 0.3) is 0 Å². The summed E-state index contributed by atoms with van der Waals surface area (Å²) in [7, 11) is 2.35. The van der Waals surface area contributed by atoms with Gasteiger partial charge in [-0.15, -0.1) is 0 Å². The zero-order valence-electron chi connectivity index (χ0n) is 19.8. The molecule has 9 heteroatoms. The normalized spacial score (nSPS) is 22.0. The molecule has 0 saturated carbocycles. The van der Waals surface area contributed by atoms with Gasteiger partial charge in [-0.2, -0.15) is 13.2 Å². The number of rotatable bonds is 5. The minimum absolute atomic E-state index is 0.0944. The van der Waals surface area contributed by atoms with Crippen molar-refractivity contribution >= 4 is 5.91 Å². The molecule has 2 aromatic carbocycles. The minimum atomic E-state index is -4.94. The van der Waals surface area contributed by atoms with Gasteiger partial charge in [-0.05, 0) is 37.3 Å². The van der Waals surface area contributed by atoms with Crippen LogP contribution in [-0.2, 0) is 15.1 Å². The fraction of sp³-hybridized carbons (Fsp3) is 0.500. The summed E-state index contributed by atoms with van der Waals surface area (Å²) >= 11 is 0. The van der Waals surface area contributed by atoms with Gasteiger partial charge in [-0.25, -0.2) is 4.39 Å². The van der Waals surface area contributed by atoms with Crippen molar-refractivity contribution in [1.29, 1.82) is 0 Å². The molecule has 2 aliphatic heterocycles. The van der Waals surface area contributed by atoms with E-state index >= 15 is 0 Å². The zero-order valence-corrected chi connectivity index (χ0v) is 19.8. The summed E-state index contributed by atoms with van der Waals surface area (Å²) in [6.45, 7) is 1.65. The second-order valence-electron chi connectivity index (χ2n) is 9.27. The quantitative estimate of drug-likeness (QED) is 0.617. The first-order valence-corrected chi connectivity index (χ1v) is 11.7. The molecule has 2 heterocycles. The first-order valence-electron chi connectivity index (χ1n) is 11.7. The highest BCUT2D eigenvalue weighted by atomic mass is 19.4. The molecule has 1 N–H and O–H groups in total. The van der Waals surface area contributed by atoms with E-state index in [1.807, 2.05) is 6.07 Å². The number of halogens is 4. The van der Waals surface area contributed by atoms with Crippen LogP contribution < -0.4 is 10.1 Å². The Bertz CT molecular complexity index is 1040. The molecule has 2 aliphatic rings. The molecule has 0 radical (unpaired) electrons. The van der Waals surface area contributed by atoms with Crippen LogP contribution in [0.5, 0.6) is 5.75 Å². The molecule has 0 unspecified atom stereocenters. The number of hydrogen-bond acceptors (Lipinski definition) is 4. The van der Waals surface area contributed by atoms with Gasteiger partial charge in [0, 0.05) is 43.8 Å². The molecule has 2 saturated heterocycles. The van der Waals surface area contributed by atoms with Gasteiger partial charge in [0.05, 0.1) is 7.11 Å². The van der Waals surface area contributed by atoms with E-state index in [0.29, 0.717) is 19.4 Å². The van der Waals surface area contributed by atoms with Gasteiger partial charge >= 0.3 is 6.18 Å². The lowest BCUT2D eigenvalue weighted by molar-refractivity contribution is -0.271. The lowest BCUT2D eigenvalue weighted by Crippen LogP contribution is -2.59. The van der Waals surface area contributed by atoms with Gasteiger partial charge in [0.15, 0.2) is 11.6 Å². The van der Waals surface area contributed by atoms with Crippen LogP contribution in [0.4, 0.5) is 17.6 Å². The summed E-state index contributed by atoms with van der Waals surface area (Å²) in [5, 5.41) is 3.36. The summed E-state index contributed by atoms with van der Waals surface area (Å²) in [6, 6.07) is 11.9. The predicted octanol–water partition coefficient (Wildman–Crippen LogP) is 4.62. The number of alkyl halides is 3. The molecule has 4 rings (SSSR count). The highest BCUT2D eigenvalue weighted by Gasteiger charge is 2.64. The number of carbonyl (C=O) groups is 1. The second-order valence-corrected chi connectivity index (χ2v) is 9.27. The van der Waals surface area contributed by atoms with E-state index in [9.17, 15) is 22.4 Å². The van der Waals surface area contributed by atoms with Gasteiger partial charge in [-0.1, -0.05) is 42.5 Å². The highest BCUT2D eigenvalue weighted by molar-refractivity contribution is 5.88. The Kier molecular flexibility index (Phi) is 7.11. The number of likely N-dealkylation sites (tertiary alicyclic amines) is 1. The third-order valence-electron chi connectivity index (χ3n) is 7.70. The number of hydrogen-bond donors (Lipinski definition) is 1. The monoisotopic (exact) mass is 494 g/mol. The fourth-order valence-electron chi connectivity index (χ4n) is 5.81. The van der Waals surface area contributed by atoms with E-state index in [-0.39, 0.29) is 35.7 Å². The molecular weight excluding hydrogens is 464 g/mol. The minimum Gasteiger partial charge on any atom is -0.493 e. The lowest BCUT2D eigenvalue weighted by Gasteiger charge is -2.51.